The van der Waals surface area contributed by atoms with Crippen molar-refractivity contribution in [2.45, 2.75) is 39.7 Å². The molecule has 0 radical (unpaired) electrons. The first kappa shape index (κ1) is 29.1. The van der Waals surface area contributed by atoms with Crippen molar-refractivity contribution >= 4 is 18.0 Å². The van der Waals surface area contributed by atoms with Gasteiger partial charge in [-0.2, -0.15) is 0 Å². The lowest BCUT2D eigenvalue weighted by molar-refractivity contribution is -0.139. The van der Waals surface area contributed by atoms with Crippen LogP contribution in [-0.4, -0.2) is 99.4 Å². The highest BCUT2D eigenvalue weighted by atomic mass is 16.5. The van der Waals surface area contributed by atoms with Gasteiger partial charge in [-0.1, -0.05) is 6.92 Å². The molecule has 38 heavy (non-hydrogen) atoms. The molecule has 2 aliphatic heterocycles. The fourth-order valence-corrected chi connectivity index (χ4v) is 4.79. The van der Waals surface area contributed by atoms with Crippen molar-refractivity contribution in [1.82, 2.24) is 25.3 Å². The number of methoxy groups -OCH3 is 2. The van der Waals surface area contributed by atoms with E-state index in [-0.39, 0.29) is 18.7 Å². The number of benzene rings is 1. The SMILES string of the molecule is CCCNC(=O)N1CCCN(CC2=C(C(=O)OCC)[C@H](c3cc(OC)cc(OC)c3)NC(=O)N2CC)CC1. The number of rotatable bonds is 10. The smallest absolute Gasteiger partial charge is 0.338 e. The molecule has 0 unspecified atom stereocenters. The number of esters is 1. The van der Waals surface area contributed by atoms with E-state index >= 15 is 0 Å². The molecule has 1 aromatic rings. The summed E-state index contributed by atoms with van der Waals surface area (Å²) in [5.41, 5.74) is 1.64. The van der Waals surface area contributed by atoms with E-state index in [2.05, 4.69) is 15.5 Å². The first-order valence-corrected chi connectivity index (χ1v) is 13.3. The summed E-state index contributed by atoms with van der Waals surface area (Å²) in [5.74, 6) is 0.610. The molecule has 2 heterocycles. The van der Waals surface area contributed by atoms with Gasteiger partial charge < -0.3 is 29.7 Å². The van der Waals surface area contributed by atoms with E-state index in [1.807, 2.05) is 18.7 Å². The monoisotopic (exact) mass is 531 g/mol. The highest BCUT2D eigenvalue weighted by Crippen LogP contribution is 2.35. The van der Waals surface area contributed by atoms with Gasteiger partial charge in [0.1, 0.15) is 11.5 Å². The van der Waals surface area contributed by atoms with Crippen LogP contribution in [0.2, 0.25) is 0 Å². The number of carbonyl (C=O) groups is 3. The van der Waals surface area contributed by atoms with Crippen molar-refractivity contribution < 1.29 is 28.6 Å². The predicted molar refractivity (Wildman–Crippen MR) is 143 cm³/mol. The van der Waals surface area contributed by atoms with Crippen molar-refractivity contribution in [2.24, 2.45) is 0 Å². The maximum absolute atomic E-state index is 13.4. The minimum absolute atomic E-state index is 0.0561. The molecular weight excluding hydrogens is 490 g/mol. The summed E-state index contributed by atoms with van der Waals surface area (Å²) >= 11 is 0. The van der Waals surface area contributed by atoms with Crippen LogP contribution in [0.15, 0.2) is 29.5 Å². The van der Waals surface area contributed by atoms with Crippen LogP contribution in [0.3, 0.4) is 0 Å². The number of amides is 4. The molecule has 0 aliphatic carbocycles. The minimum atomic E-state index is -0.744. The zero-order valence-electron chi connectivity index (χ0n) is 23.2. The van der Waals surface area contributed by atoms with Crippen LogP contribution >= 0.6 is 0 Å². The Hall–Kier alpha value is -3.47. The highest BCUT2D eigenvalue weighted by Gasteiger charge is 2.39. The number of nitrogens with zero attached hydrogens (tertiary/aromatic N) is 3. The van der Waals surface area contributed by atoms with Crippen LogP contribution in [-0.2, 0) is 9.53 Å². The zero-order valence-corrected chi connectivity index (χ0v) is 23.2. The van der Waals surface area contributed by atoms with E-state index in [9.17, 15) is 14.4 Å². The average Bonchev–Trinajstić information content (AvgIpc) is 3.17. The summed E-state index contributed by atoms with van der Waals surface area (Å²) in [6, 6.07) is 4.21. The van der Waals surface area contributed by atoms with Gasteiger partial charge in [0, 0.05) is 57.6 Å². The largest absolute Gasteiger partial charge is 0.497 e. The predicted octanol–water partition coefficient (Wildman–Crippen LogP) is 2.73. The van der Waals surface area contributed by atoms with Gasteiger partial charge in [0.25, 0.3) is 0 Å². The normalized spacial score (nSPS) is 18.6. The summed E-state index contributed by atoms with van der Waals surface area (Å²) in [4.78, 5) is 44.8. The standard InChI is InChI=1S/C27H41N5O6/c1-6-10-28-26(34)31-12-9-11-30(13-14-31)18-22-23(25(33)38-8-3)24(29-27(35)32(22)7-2)19-15-20(36-4)17-21(16-19)37-5/h15-17,24H,6-14,18H2,1-5H3,(H,28,34)(H,29,35)/t24-/m0/s1. The third-order valence-corrected chi connectivity index (χ3v) is 6.73. The molecule has 2 aliphatic rings. The fraction of sp³-hybridized carbons (Fsp3) is 0.593. The van der Waals surface area contributed by atoms with Crippen LogP contribution in [0.5, 0.6) is 11.5 Å². The maximum atomic E-state index is 13.4. The molecule has 2 N–H and O–H groups in total. The van der Waals surface area contributed by atoms with Crippen LogP contribution in [0.25, 0.3) is 0 Å². The van der Waals surface area contributed by atoms with Gasteiger partial charge in [-0.3, -0.25) is 9.80 Å². The van der Waals surface area contributed by atoms with Crippen molar-refractivity contribution in [3.63, 3.8) is 0 Å². The molecule has 0 spiro atoms. The lowest BCUT2D eigenvalue weighted by Gasteiger charge is -2.38. The van der Waals surface area contributed by atoms with Gasteiger partial charge in [-0.05, 0) is 44.4 Å². The second-order valence-electron chi connectivity index (χ2n) is 9.20. The van der Waals surface area contributed by atoms with Gasteiger partial charge in [-0.25, -0.2) is 14.4 Å². The van der Waals surface area contributed by atoms with E-state index in [0.29, 0.717) is 67.6 Å². The second-order valence-corrected chi connectivity index (χ2v) is 9.20. The van der Waals surface area contributed by atoms with Crippen molar-refractivity contribution in [2.75, 3.05) is 66.6 Å². The summed E-state index contributed by atoms with van der Waals surface area (Å²) in [6.45, 7) is 9.83. The van der Waals surface area contributed by atoms with E-state index in [1.54, 1.807) is 44.2 Å². The Morgan fingerprint density at radius 3 is 2.34 bits per heavy atom. The van der Waals surface area contributed by atoms with Crippen LogP contribution in [0, 0.1) is 0 Å². The molecule has 1 aromatic carbocycles. The molecule has 0 bridgehead atoms. The Morgan fingerprint density at radius 1 is 1.03 bits per heavy atom. The zero-order chi connectivity index (χ0) is 27.7. The number of likely N-dealkylation sites (N-methyl/N-ethyl adjacent to an activating group) is 1. The van der Waals surface area contributed by atoms with Crippen LogP contribution in [0.4, 0.5) is 9.59 Å². The molecule has 1 fully saturated rings. The van der Waals surface area contributed by atoms with Gasteiger partial charge in [0.2, 0.25) is 0 Å². The van der Waals surface area contributed by atoms with E-state index in [0.717, 1.165) is 19.4 Å². The Kier molecular flexibility index (Phi) is 10.6. The van der Waals surface area contributed by atoms with Crippen molar-refractivity contribution in [3.05, 3.63) is 35.0 Å². The number of hydrogen-bond donors (Lipinski definition) is 2. The molecule has 1 saturated heterocycles. The molecule has 210 valence electrons. The number of carbonyl (C=O) groups excluding carboxylic acids is 3. The summed E-state index contributed by atoms with van der Waals surface area (Å²) in [5, 5.41) is 5.93. The number of urea groups is 2. The Morgan fingerprint density at radius 2 is 1.74 bits per heavy atom. The third-order valence-electron chi connectivity index (χ3n) is 6.73. The molecule has 1 atom stereocenters. The quantitative estimate of drug-likeness (QED) is 0.447. The second kappa shape index (κ2) is 13.9. The molecule has 3 rings (SSSR count). The van der Waals surface area contributed by atoms with Gasteiger partial charge in [0.15, 0.2) is 0 Å². The topological polar surface area (TPSA) is 113 Å². The highest BCUT2D eigenvalue weighted by molar-refractivity contribution is 5.95. The van der Waals surface area contributed by atoms with Gasteiger partial charge >= 0.3 is 18.0 Å². The van der Waals surface area contributed by atoms with E-state index < -0.39 is 12.0 Å². The third kappa shape index (κ3) is 6.89. The Balaban J connectivity index is 1.99. The van der Waals surface area contributed by atoms with Gasteiger partial charge in [0.05, 0.1) is 32.4 Å². The first-order chi connectivity index (χ1) is 18.4. The lowest BCUT2D eigenvalue weighted by Crippen LogP contribution is -2.51. The van der Waals surface area contributed by atoms with E-state index in [1.165, 1.54) is 0 Å². The fourth-order valence-electron chi connectivity index (χ4n) is 4.79. The number of hydrogen-bond acceptors (Lipinski definition) is 7. The Labute approximate surface area is 225 Å². The van der Waals surface area contributed by atoms with Crippen molar-refractivity contribution in [3.8, 4) is 11.5 Å². The van der Waals surface area contributed by atoms with Crippen molar-refractivity contribution in [1.29, 1.82) is 0 Å². The summed E-state index contributed by atoms with van der Waals surface area (Å²) < 4.78 is 16.4. The van der Waals surface area contributed by atoms with Crippen LogP contribution in [0.1, 0.15) is 45.2 Å². The molecule has 11 nitrogen and oxygen atoms in total. The molecule has 0 aromatic heterocycles. The van der Waals surface area contributed by atoms with Gasteiger partial charge in [-0.15, -0.1) is 0 Å². The lowest BCUT2D eigenvalue weighted by atomic mass is 9.93. The number of ether oxygens (including phenoxy) is 3. The summed E-state index contributed by atoms with van der Waals surface area (Å²) in [7, 11) is 3.10. The molecular formula is C27H41N5O6. The maximum Gasteiger partial charge on any atom is 0.338 e. The first-order valence-electron chi connectivity index (χ1n) is 13.3. The van der Waals surface area contributed by atoms with E-state index in [4.69, 9.17) is 14.2 Å². The van der Waals surface area contributed by atoms with Crippen LogP contribution < -0.4 is 20.1 Å². The molecule has 11 heteroatoms. The minimum Gasteiger partial charge on any atom is -0.497 e. The summed E-state index contributed by atoms with van der Waals surface area (Å²) in [6.07, 6.45) is 1.67. The molecule has 4 amide bonds. The Bertz CT molecular complexity index is 1010. The number of nitrogens with one attached hydrogen (secondary N) is 2. The average molecular weight is 532 g/mol. The molecule has 0 saturated carbocycles.